The molecule has 1 aliphatic rings. The maximum absolute atomic E-state index is 10.8. The number of benzene rings is 2. The van der Waals surface area contributed by atoms with Crippen molar-refractivity contribution in [2.24, 2.45) is 0 Å². The fraction of sp³-hybridized carbons (Fsp3) is 0.368. The molecule has 0 heterocycles. The normalized spacial score (nSPS) is 17.2. The van der Waals surface area contributed by atoms with Gasteiger partial charge in [-0.15, -0.1) is 0 Å². The summed E-state index contributed by atoms with van der Waals surface area (Å²) < 4.78 is 5.59. The number of ether oxygens (including phenoxy) is 1. The average molecular weight is 282 g/mol. The van der Waals surface area contributed by atoms with Crippen LogP contribution in [0, 0.1) is 0 Å². The Hall–Kier alpha value is -1.80. The summed E-state index contributed by atoms with van der Waals surface area (Å²) in [5.74, 6) is 0.873. The van der Waals surface area contributed by atoms with E-state index in [0.29, 0.717) is 0 Å². The lowest BCUT2D eigenvalue weighted by atomic mass is 9.86. The van der Waals surface area contributed by atoms with Gasteiger partial charge >= 0.3 is 0 Å². The second-order valence-corrected chi connectivity index (χ2v) is 5.84. The zero-order chi connectivity index (χ0) is 14.7. The van der Waals surface area contributed by atoms with Gasteiger partial charge in [-0.3, -0.25) is 0 Å². The molecule has 21 heavy (non-hydrogen) atoms. The number of aliphatic hydroxyl groups excluding tert-OH is 1. The van der Waals surface area contributed by atoms with Gasteiger partial charge in [-0.2, -0.15) is 0 Å². The number of rotatable bonds is 6. The van der Waals surface area contributed by atoms with Crippen LogP contribution in [0.4, 0.5) is 0 Å². The van der Waals surface area contributed by atoms with E-state index in [1.165, 1.54) is 5.56 Å². The molecule has 3 rings (SSSR count). The second kappa shape index (κ2) is 5.90. The molecule has 2 heteroatoms. The van der Waals surface area contributed by atoms with E-state index in [2.05, 4.69) is 19.1 Å². The van der Waals surface area contributed by atoms with Crippen LogP contribution in [0.5, 0.6) is 5.75 Å². The van der Waals surface area contributed by atoms with Crippen molar-refractivity contribution in [2.45, 2.75) is 37.7 Å². The SMILES string of the molecule is CCCOc1ccc(C(O)C2(c3ccccc3)CC2)cc1. The van der Waals surface area contributed by atoms with Crippen molar-refractivity contribution < 1.29 is 9.84 Å². The van der Waals surface area contributed by atoms with E-state index in [0.717, 1.165) is 37.2 Å². The van der Waals surface area contributed by atoms with Gasteiger partial charge < -0.3 is 9.84 Å². The zero-order valence-corrected chi connectivity index (χ0v) is 12.5. The molecule has 0 bridgehead atoms. The van der Waals surface area contributed by atoms with E-state index >= 15 is 0 Å². The van der Waals surface area contributed by atoms with Gasteiger partial charge in [-0.05, 0) is 42.5 Å². The van der Waals surface area contributed by atoms with Gasteiger partial charge in [0, 0.05) is 5.41 Å². The standard InChI is InChI=1S/C19H22O2/c1-2-14-21-17-10-8-15(9-11-17)18(20)19(12-13-19)16-6-4-3-5-7-16/h3-11,18,20H,2,12-14H2,1H3. The first kappa shape index (κ1) is 14.2. The van der Waals surface area contributed by atoms with Crippen LogP contribution in [-0.4, -0.2) is 11.7 Å². The molecule has 1 atom stereocenters. The molecule has 2 aromatic rings. The highest BCUT2D eigenvalue weighted by molar-refractivity contribution is 5.38. The molecule has 1 aliphatic carbocycles. The van der Waals surface area contributed by atoms with E-state index in [1.54, 1.807) is 0 Å². The highest BCUT2D eigenvalue weighted by Gasteiger charge is 2.50. The van der Waals surface area contributed by atoms with Gasteiger partial charge in [0.15, 0.2) is 0 Å². The Morgan fingerprint density at radius 2 is 1.71 bits per heavy atom. The minimum Gasteiger partial charge on any atom is -0.494 e. The first-order valence-electron chi connectivity index (χ1n) is 7.72. The van der Waals surface area contributed by atoms with Crippen LogP contribution in [-0.2, 0) is 5.41 Å². The molecule has 2 aromatic carbocycles. The summed E-state index contributed by atoms with van der Waals surface area (Å²) in [5, 5.41) is 10.8. The first-order valence-corrected chi connectivity index (χ1v) is 7.72. The highest BCUT2D eigenvalue weighted by Crippen LogP contribution is 2.56. The molecule has 1 N–H and O–H groups in total. The number of hydrogen-bond donors (Lipinski definition) is 1. The molecule has 110 valence electrons. The molecule has 2 nitrogen and oxygen atoms in total. The summed E-state index contributed by atoms with van der Waals surface area (Å²) in [6.07, 6.45) is 2.65. The molecule has 0 aromatic heterocycles. The van der Waals surface area contributed by atoms with E-state index in [1.807, 2.05) is 42.5 Å². The van der Waals surface area contributed by atoms with Gasteiger partial charge in [0.05, 0.1) is 12.7 Å². The van der Waals surface area contributed by atoms with Crippen molar-refractivity contribution in [3.8, 4) is 5.75 Å². The molecule has 0 saturated heterocycles. The van der Waals surface area contributed by atoms with Crippen molar-refractivity contribution in [1.29, 1.82) is 0 Å². The van der Waals surface area contributed by atoms with Gasteiger partial charge in [0.25, 0.3) is 0 Å². The minimum absolute atomic E-state index is 0.0902. The first-order chi connectivity index (χ1) is 10.3. The molecular weight excluding hydrogens is 260 g/mol. The van der Waals surface area contributed by atoms with Crippen LogP contribution in [0.25, 0.3) is 0 Å². The van der Waals surface area contributed by atoms with Gasteiger partial charge in [0.2, 0.25) is 0 Å². The van der Waals surface area contributed by atoms with Crippen molar-refractivity contribution in [2.75, 3.05) is 6.61 Å². The van der Waals surface area contributed by atoms with E-state index < -0.39 is 6.10 Å². The molecule has 0 spiro atoms. The largest absolute Gasteiger partial charge is 0.494 e. The molecule has 0 aliphatic heterocycles. The smallest absolute Gasteiger partial charge is 0.119 e. The Bertz CT molecular complexity index is 570. The molecule has 1 fully saturated rings. The van der Waals surface area contributed by atoms with Crippen LogP contribution in [0.3, 0.4) is 0 Å². The predicted octanol–water partition coefficient (Wildman–Crippen LogP) is 4.24. The highest BCUT2D eigenvalue weighted by atomic mass is 16.5. The fourth-order valence-electron chi connectivity index (χ4n) is 2.91. The summed E-state index contributed by atoms with van der Waals surface area (Å²) in [6.45, 7) is 2.82. The maximum Gasteiger partial charge on any atom is 0.119 e. The summed E-state index contributed by atoms with van der Waals surface area (Å²) in [6, 6.07) is 18.2. The Morgan fingerprint density at radius 1 is 1.05 bits per heavy atom. The van der Waals surface area contributed by atoms with Gasteiger partial charge in [-0.1, -0.05) is 49.4 Å². The Morgan fingerprint density at radius 3 is 2.29 bits per heavy atom. The van der Waals surface area contributed by atoms with Crippen LogP contribution in [0.2, 0.25) is 0 Å². The molecular formula is C19H22O2. The van der Waals surface area contributed by atoms with Crippen LogP contribution in [0.1, 0.15) is 43.4 Å². The monoisotopic (exact) mass is 282 g/mol. The Kier molecular flexibility index (Phi) is 3.98. The van der Waals surface area contributed by atoms with Crippen LogP contribution < -0.4 is 4.74 Å². The summed E-state index contributed by atoms with van der Waals surface area (Å²) in [5.41, 5.74) is 2.12. The zero-order valence-electron chi connectivity index (χ0n) is 12.5. The third kappa shape index (κ3) is 2.81. The van der Waals surface area contributed by atoms with Crippen molar-refractivity contribution in [3.05, 3.63) is 65.7 Å². The third-order valence-corrected chi connectivity index (χ3v) is 4.33. The maximum atomic E-state index is 10.8. The van der Waals surface area contributed by atoms with Crippen molar-refractivity contribution in [1.82, 2.24) is 0 Å². The van der Waals surface area contributed by atoms with Gasteiger partial charge in [-0.25, -0.2) is 0 Å². The molecule has 1 saturated carbocycles. The quantitative estimate of drug-likeness (QED) is 0.858. The van der Waals surface area contributed by atoms with E-state index in [4.69, 9.17) is 4.74 Å². The summed E-state index contributed by atoms with van der Waals surface area (Å²) >= 11 is 0. The minimum atomic E-state index is -0.444. The summed E-state index contributed by atoms with van der Waals surface area (Å²) in [4.78, 5) is 0. The fourth-order valence-corrected chi connectivity index (χ4v) is 2.91. The van der Waals surface area contributed by atoms with Crippen molar-refractivity contribution >= 4 is 0 Å². The van der Waals surface area contributed by atoms with Gasteiger partial charge in [0.1, 0.15) is 5.75 Å². The Labute approximate surface area is 126 Å². The van der Waals surface area contributed by atoms with Crippen LogP contribution >= 0.6 is 0 Å². The predicted molar refractivity (Wildman–Crippen MR) is 84.5 cm³/mol. The Balaban J connectivity index is 1.77. The second-order valence-electron chi connectivity index (χ2n) is 5.84. The topological polar surface area (TPSA) is 29.5 Å². The molecule has 0 radical (unpaired) electrons. The van der Waals surface area contributed by atoms with E-state index in [9.17, 15) is 5.11 Å². The number of hydrogen-bond acceptors (Lipinski definition) is 2. The lowest BCUT2D eigenvalue weighted by Gasteiger charge is -2.23. The lowest BCUT2D eigenvalue weighted by molar-refractivity contribution is 0.133. The number of aliphatic hydroxyl groups is 1. The molecule has 1 unspecified atom stereocenters. The van der Waals surface area contributed by atoms with E-state index in [-0.39, 0.29) is 5.41 Å². The average Bonchev–Trinajstić information content (AvgIpc) is 3.35. The molecule has 0 amide bonds. The summed E-state index contributed by atoms with van der Waals surface area (Å²) in [7, 11) is 0. The van der Waals surface area contributed by atoms with Crippen LogP contribution in [0.15, 0.2) is 54.6 Å². The third-order valence-electron chi connectivity index (χ3n) is 4.33. The van der Waals surface area contributed by atoms with Crippen molar-refractivity contribution in [3.63, 3.8) is 0 Å². The lowest BCUT2D eigenvalue weighted by Crippen LogP contribution is -2.18.